The first-order valence-corrected chi connectivity index (χ1v) is 13.4. The van der Waals surface area contributed by atoms with E-state index >= 15 is 0 Å². The molecule has 0 saturated heterocycles. The molecule has 1 amide bonds. The van der Waals surface area contributed by atoms with Crippen molar-refractivity contribution in [2.24, 2.45) is 10.1 Å². The Labute approximate surface area is 211 Å². The van der Waals surface area contributed by atoms with Crippen LogP contribution in [-0.2, 0) is 24.4 Å². The maximum absolute atomic E-state index is 13.5. The van der Waals surface area contributed by atoms with Gasteiger partial charge in [0.1, 0.15) is 6.61 Å². The molecule has 0 spiro atoms. The molecule has 0 saturated carbocycles. The molecule has 0 aromatic heterocycles. The van der Waals surface area contributed by atoms with E-state index in [1.54, 1.807) is 26.0 Å². The monoisotopic (exact) mass is 522 g/mol. The lowest BCUT2D eigenvalue weighted by molar-refractivity contribution is -0.148. The zero-order chi connectivity index (χ0) is 26.3. The number of amides is 1. The Morgan fingerprint density at radius 2 is 1.92 bits per heavy atom. The topological polar surface area (TPSA) is 171 Å². The SMILES string of the molecule is Cc1cc(C)c(S(=O)(=O)NC(CCCCNC2=NCCN2)(NC(=O)CC2=NOCC2)C(=O)O)c(C)c1. The Morgan fingerprint density at radius 1 is 1.19 bits per heavy atom. The van der Waals surface area contributed by atoms with E-state index in [4.69, 9.17) is 4.84 Å². The summed E-state index contributed by atoms with van der Waals surface area (Å²) >= 11 is 0. The van der Waals surface area contributed by atoms with Crippen molar-refractivity contribution in [3.8, 4) is 0 Å². The number of aryl methyl sites for hydroxylation is 3. The maximum atomic E-state index is 13.5. The summed E-state index contributed by atoms with van der Waals surface area (Å²) in [5.74, 6) is -1.48. The summed E-state index contributed by atoms with van der Waals surface area (Å²) in [4.78, 5) is 34.5. The van der Waals surface area contributed by atoms with Gasteiger partial charge in [0.25, 0.3) is 0 Å². The summed E-state index contributed by atoms with van der Waals surface area (Å²) in [5.41, 5.74) is 0.0707. The van der Waals surface area contributed by atoms with Crippen LogP contribution in [0.15, 0.2) is 27.2 Å². The number of sulfonamides is 1. The van der Waals surface area contributed by atoms with Crippen LogP contribution in [0.1, 0.15) is 48.8 Å². The quantitative estimate of drug-likeness (QED) is 0.197. The van der Waals surface area contributed by atoms with Crippen LogP contribution in [0, 0.1) is 20.8 Å². The second-order valence-corrected chi connectivity index (χ2v) is 10.7. The Balaban J connectivity index is 1.82. The molecule has 3 rings (SSSR count). The van der Waals surface area contributed by atoms with Crippen molar-refractivity contribution in [1.82, 2.24) is 20.7 Å². The molecule has 198 valence electrons. The molecule has 0 bridgehead atoms. The third-order valence-corrected chi connectivity index (χ3v) is 7.68. The number of carbonyl (C=O) groups is 2. The molecule has 0 fully saturated rings. The first-order chi connectivity index (χ1) is 17.0. The van der Waals surface area contributed by atoms with Gasteiger partial charge in [-0.3, -0.25) is 9.79 Å². The first-order valence-electron chi connectivity index (χ1n) is 11.9. The number of unbranched alkanes of at least 4 members (excludes halogenated alkanes) is 1. The van der Waals surface area contributed by atoms with Crippen molar-refractivity contribution in [2.75, 3.05) is 26.2 Å². The molecule has 12 nitrogen and oxygen atoms in total. The molecule has 13 heteroatoms. The van der Waals surface area contributed by atoms with E-state index in [9.17, 15) is 23.1 Å². The molecule has 1 aromatic rings. The van der Waals surface area contributed by atoms with Gasteiger partial charge in [-0.25, -0.2) is 13.2 Å². The molecule has 2 heterocycles. The van der Waals surface area contributed by atoms with Gasteiger partial charge in [0.15, 0.2) is 5.96 Å². The number of guanidine groups is 1. The van der Waals surface area contributed by atoms with Crippen LogP contribution >= 0.6 is 0 Å². The van der Waals surface area contributed by atoms with Crippen LogP contribution in [0.2, 0.25) is 0 Å². The minimum absolute atomic E-state index is 0.00599. The van der Waals surface area contributed by atoms with Gasteiger partial charge in [-0.2, -0.15) is 4.72 Å². The fraction of sp³-hybridized carbons (Fsp3) is 0.565. The van der Waals surface area contributed by atoms with Gasteiger partial charge < -0.3 is 25.9 Å². The second-order valence-electron chi connectivity index (χ2n) is 9.05. The number of nitrogens with one attached hydrogen (secondary N) is 4. The molecule has 1 unspecified atom stereocenters. The molecule has 36 heavy (non-hydrogen) atoms. The largest absolute Gasteiger partial charge is 0.478 e. The zero-order valence-corrected chi connectivity index (χ0v) is 21.6. The Kier molecular flexibility index (Phi) is 8.90. The minimum Gasteiger partial charge on any atom is -0.478 e. The highest BCUT2D eigenvalue weighted by Crippen LogP contribution is 2.25. The number of oxime groups is 1. The lowest BCUT2D eigenvalue weighted by atomic mass is 10.0. The van der Waals surface area contributed by atoms with Gasteiger partial charge >= 0.3 is 5.97 Å². The number of carbonyl (C=O) groups excluding carboxylic acids is 1. The van der Waals surface area contributed by atoms with Gasteiger partial charge in [-0.05, 0) is 51.2 Å². The van der Waals surface area contributed by atoms with Crippen LogP contribution in [0.25, 0.3) is 0 Å². The molecular weight excluding hydrogens is 488 g/mol. The van der Waals surface area contributed by atoms with E-state index in [-0.39, 0.29) is 17.7 Å². The fourth-order valence-corrected chi connectivity index (χ4v) is 6.15. The highest BCUT2D eigenvalue weighted by molar-refractivity contribution is 7.89. The summed E-state index contributed by atoms with van der Waals surface area (Å²) in [6.07, 6.45) is 0.931. The van der Waals surface area contributed by atoms with Crippen molar-refractivity contribution in [3.63, 3.8) is 0 Å². The van der Waals surface area contributed by atoms with Crippen LogP contribution in [0.3, 0.4) is 0 Å². The van der Waals surface area contributed by atoms with E-state index in [0.717, 1.165) is 12.1 Å². The summed E-state index contributed by atoms with van der Waals surface area (Å²) < 4.78 is 29.3. The summed E-state index contributed by atoms with van der Waals surface area (Å²) in [6.45, 7) is 7.45. The average Bonchev–Trinajstić information content (AvgIpc) is 3.46. The van der Waals surface area contributed by atoms with E-state index in [1.807, 2.05) is 6.92 Å². The number of carboxylic acids is 1. The number of hydrogen-bond acceptors (Lipinski definition) is 9. The number of aliphatic imine (C=N–C) groups is 1. The Morgan fingerprint density at radius 3 is 2.50 bits per heavy atom. The van der Waals surface area contributed by atoms with Crippen LogP contribution in [0.5, 0.6) is 0 Å². The highest BCUT2D eigenvalue weighted by Gasteiger charge is 2.44. The van der Waals surface area contributed by atoms with Crippen molar-refractivity contribution < 1.29 is 28.0 Å². The van der Waals surface area contributed by atoms with Gasteiger partial charge in [-0.1, -0.05) is 22.9 Å². The van der Waals surface area contributed by atoms with Gasteiger partial charge in [0.05, 0.1) is 23.6 Å². The molecule has 1 atom stereocenters. The lowest BCUT2D eigenvalue weighted by Gasteiger charge is -2.32. The highest BCUT2D eigenvalue weighted by atomic mass is 32.2. The molecule has 5 N–H and O–H groups in total. The number of carboxylic acid groups (broad SMARTS) is 1. The number of benzene rings is 1. The predicted molar refractivity (Wildman–Crippen MR) is 134 cm³/mol. The first kappa shape index (κ1) is 27.4. The van der Waals surface area contributed by atoms with E-state index in [0.29, 0.717) is 61.8 Å². The number of hydrogen-bond donors (Lipinski definition) is 5. The normalized spacial score (nSPS) is 16.9. The molecule has 2 aliphatic rings. The standard InChI is InChI=1S/C23H34N6O6S/c1-15-12-16(2)20(17(3)13-15)36(33,34)29-23(21(31)32,27-19(30)14-18-6-11-35-28-18)7-4-5-8-24-22-25-9-10-26-22/h12-13,29H,4-11,14H2,1-3H3,(H,27,30)(H,31,32)(H2,24,25,26). The van der Waals surface area contributed by atoms with E-state index in [2.05, 4.69) is 30.8 Å². The fourth-order valence-electron chi connectivity index (χ4n) is 4.39. The minimum atomic E-state index is -4.31. The summed E-state index contributed by atoms with van der Waals surface area (Å²) in [5, 5.41) is 22.6. The maximum Gasteiger partial charge on any atom is 0.345 e. The van der Waals surface area contributed by atoms with Crippen molar-refractivity contribution in [3.05, 3.63) is 28.8 Å². The van der Waals surface area contributed by atoms with E-state index < -0.39 is 27.6 Å². The predicted octanol–water partition coefficient (Wildman–Crippen LogP) is 0.673. The summed E-state index contributed by atoms with van der Waals surface area (Å²) in [6, 6.07) is 3.43. The molecule has 0 aliphatic carbocycles. The second kappa shape index (κ2) is 11.7. The van der Waals surface area contributed by atoms with Crippen LogP contribution in [0.4, 0.5) is 0 Å². The number of nitrogens with zero attached hydrogens (tertiary/aromatic N) is 2. The van der Waals surface area contributed by atoms with Crippen LogP contribution in [-0.4, -0.2) is 69.0 Å². The lowest BCUT2D eigenvalue weighted by Crippen LogP contribution is -2.65. The van der Waals surface area contributed by atoms with Crippen LogP contribution < -0.4 is 20.7 Å². The molecule has 2 aliphatic heterocycles. The van der Waals surface area contributed by atoms with Gasteiger partial charge in [-0.15, -0.1) is 0 Å². The smallest absolute Gasteiger partial charge is 0.345 e. The number of rotatable bonds is 12. The third kappa shape index (κ3) is 6.94. The molecule has 0 radical (unpaired) electrons. The van der Waals surface area contributed by atoms with Crippen molar-refractivity contribution in [1.29, 1.82) is 0 Å². The summed E-state index contributed by atoms with van der Waals surface area (Å²) in [7, 11) is -4.31. The average molecular weight is 523 g/mol. The van der Waals surface area contributed by atoms with Crippen molar-refractivity contribution >= 4 is 33.6 Å². The molecular formula is C23H34N6O6S. The van der Waals surface area contributed by atoms with Crippen molar-refractivity contribution in [2.45, 2.75) is 63.4 Å². The third-order valence-electron chi connectivity index (χ3n) is 5.89. The van der Waals surface area contributed by atoms with E-state index in [1.165, 1.54) is 0 Å². The van der Waals surface area contributed by atoms with Gasteiger partial charge in [0, 0.05) is 19.5 Å². The molecule has 1 aromatic carbocycles. The zero-order valence-electron chi connectivity index (χ0n) is 20.8. The Bertz CT molecular complexity index is 1140. The number of aliphatic carboxylic acids is 1. The van der Waals surface area contributed by atoms with Gasteiger partial charge in [0.2, 0.25) is 21.6 Å². The Hall–Kier alpha value is -3.19.